The number of aromatic nitrogens is 1. The van der Waals surface area contributed by atoms with Crippen LogP contribution in [0.15, 0.2) is 29.1 Å². The average molecular weight is 347 g/mol. The minimum atomic E-state index is -0.575. The van der Waals surface area contributed by atoms with E-state index in [4.69, 9.17) is 5.73 Å². The molecule has 132 valence electrons. The summed E-state index contributed by atoms with van der Waals surface area (Å²) in [5.41, 5.74) is 7.33. The maximum Gasteiger partial charge on any atom is 0.268 e. The molecule has 1 atom stereocenters. The van der Waals surface area contributed by atoms with Gasteiger partial charge in [0.25, 0.3) is 5.56 Å². The van der Waals surface area contributed by atoms with Crippen LogP contribution in [0.1, 0.15) is 36.5 Å². The fourth-order valence-electron chi connectivity index (χ4n) is 3.65. The lowest BCUT2D eigenvalue weighted by molar-refractivity contribution is 0.176. The summed E-state index contributed by atoms with van der Waals surface area (Å²) in [4.78, 5) is 16.9. The lowest BCUT2D eigenvalue weighted by atomic mass is 9.95. The molecule has 6 nitrogen and oxygen atoms in total. The number of hydrogen-bond donors (Lipinski definition) is 2. The molecular formula is C20H21N5O. The highest BCUT2D eigenvalue weighted by Gasteiger charge is 2.19. The van der Waals surface area contributed by atoms with E-state index in [9.17, 15) is 15.3 Å². The van der Waals surface area contributed by atoms with Crippen molar-refractivity contribution in [1.29, 1.82) is 10.5 Å². The van der Waals surface area contributed by atoms with E-state index in [0.29, 0.717) is 17.0 Å². The molecule has 1 aliphatic heterocycles. The Balaban J connectivity index is 2.03. The number of aromatic amines is 1. The van der Waals surface area contributed by atoms with Gasteiger partial charge in [0, 0.05) is 18.7 Å². The van der Waals surface area contributed by atoms with Crippen molar-refractivity contribution in [3.63, 3.8) is 0 Å². The summed E-state index contributed by atoms with van der Waals surface area (Å²) in [6.45, 7) is 5.20. The van der Waals surface area contributed by atoms with E-state index in [2.05, 4.69) is 16.8 Å². The smallest absolute Gasteiger partial charge is 0.268 e. The molecular weight excluding hydrogens is 326 g/mol. The van der Waals surface area contributed by atoms with Gasteiger partial charge in [-0.05, 0) is 42.5 Å². The predicted octanol–water partition coefficient (Wildman–Crippen LogP) is 2.60. The number of nitriles is 2. The van der Waals surface area contributed by atoms with Crippen LogP contribution in [0.4, 0.5) is 5.82 Å². The second-order valence-electron chi connectivity index (χ2n) is 6.90. The lowest BCUT2D eigenvalue weighted by Gasteiger charge is -2.30. The quantitative estimate of drug-likeness (QED) is 0.887. The molecule has 0 saturated carbocycles. The van der Waals surface area contributed by atoms with Gasteiger partial charge in [-0.1, -0.05) is 25.1 Å². The van der Waals surface area contributed by atoms with E-state index in [1.165, 1.54) is 12.8 Å². The van der Waals surface area contributed by atoms with Crippen molar-refractivity contribution in [1.82, 2.24) is 9.88 Å². The monoisotopic (exact) mass is 347 g/mol. The highest BCUT2D eigenvalue weighted by atomic mass is 16.1. The SMILES string of the molecule is CC1CCCN(Cc2cccc(-c3c(C#N)c(N)[nH]c(=O)c3C#N)c2)C1. The van der Waals surface area contributed by atoms with E-state index in [1.54, 1.807) is 6.07 Å². The summed E-state index contributed by atoms with van der Waals surface area (Å²) in [6.07, 6.45) is 2.46. The van der Waals surface area contributed by atoms with E-state index in [-0.39, 0.29) is 16.9 Å². The third kappa shape index (κ3) is 3.46. The number of likely N-dealkylation sites (tertiary alicyclic amines) is 1. The van der Waals surface area contributed by atoms with E-state index in [0.717, 1.165) is 25.2 Å². The summed E-state index contributed by atoms with van der Waals surface area (Å²) < 4.78 is 0. The predicted molar refractivity (Wildman–Crippen MR) is 100 cm³/mol. The first-order valence-corrected chi connectivity index (χ1v) is 8.71. The molecule has 0 aliphatic carbocycles. The van der Waals surface area contributed by atoms with Crippen LogP contribution in [-0.4, -0.2) is 23.0 Å². The fraction of sp³-hybridized carbons (Fsp3) is 0.350. The van der Waals surface area contributed by atoms with Crippen LogP contribution in [0.25, 0.3) is 11.1 Å². The van der Waals surface area contributed by atoms with Crippen LogP contribution in [0.5, 0.6) is 0 Å². The van der Waals surface area contributed by atoms with Crippen LogP contribution in [0.3, 0.4) is 0 Å². The highest BCUT2D eigenvalue weighted by molar-refractivity contribution is 5.80. The van der Waals surface area contributed by atoms with Gasteiger partial charge in [0.05, 0.1) is 0 Å². The Labute approximate surface area is 152 Å². The number of pyridine rings is 1. The lowest BCUT2D eigenvalue weighted by Crippen LogP contribution is -2.33. The molecule has 3 N–H and O–H groups in total. The van der Waals surface area contributed by atoms with Crippen molar-refractivity contribution in [2.75, 3.05) is 18.8 Å². The second kappa shape index (κ2) is 7.43. The summed E-state index contributed by atoms with van der Waals surface area (Å²) >= 11 is 0. The van der Waals surface area contributed by atoms with Crippen molar-refractivity contribution >= 4 is 5.82 Å². The molecule has 3 rings (SSSR count). The van der Waals surface area contributed by atoms with E-state index < -0.39 is 5.56 Å². The molecule has 26 heavy (non-hydrogen) atoms. The number of benzene rings is 1. The summed E-state index contributed by atoms with van der Waals surface area (Å²) in [5.74, 6) is 0.677. The van der Waals surface area contributed by atoms with Crippen LogP contribution < -0.4 is 11.3 Å². The molecule has 1 aliphatic rings. The molecule has 2 heterocycles. The van der Waals surface area contributed by atoms with Crippen molar-refractivity contribution in [2.24, 2.45) is 5.92 Å². The van der Waals surface area contributed by atoms with Gasteiger partial charge < -0.3 is 10.7 Å². The van der Waals surface area contributed by atoms with Crippen molar-refractivity contribution in [3.8, 4) is 23.3 Å². The summed E-state index contributed by atoms with van der Waals surface area (Å²) in [6, 6.07) is 11.6. The van der Waals surface area contributed by atoms with Crippen molar-refractivity contribution in [3.05, 3.63) is 51.3 Å². The molecule has 1 fully saturated rings. The number of H-pyrrole nitrogens is 1. The molecule has 6 heteroatoms. The largest absolute Gasteiger partial charge is 0.384 e. The van der Waals surface area contributed by atoms with Crippen LogP contribution >= 0.6 is 0 Å². The number of nitrogen functional groups attached to an aromatic ring is 1. The standard InChI is InChI=1S/C20H21N5O/c1-13-4-3-7-25(11-13)12-14-5-2-6-15(8-14)18-16(9-21)19(23)24-20(26)17(18)10-22/h2,5-6,8,13H,3-4,7,11-12H2,1H3,(H3,23,24,26). The first kappa shape index (κ1) is 17.7. The molecule has 2 aromatic rings. The molecule has 1 aromatic heterocycles. The summed E-state index contributed by atoms with van der Waals surface area (Å²) in [5, 5.41) is 18.9. The number of nitrogens with zero attached hydrogens (tertiary/aromatic N) is 3. The van der Waals surface area contributed by atoms with Crippen LogP contribution in [0, 0.1) is 28.6 Å². The fourth-order valence-corrected chi connectivity index (χ4v) is 3.65. The third-order valence-electron chi connectivity index (χ3n) is 4.83. The minimum absolute atomic E-state index is 0.0123. The Morgan fingerprint density at radius 3 is 2.77 bits per heavy atom. The van der Waals surface area contributed by atoms with Gasteiger partial charge in [0.1, 0.15) is 29.1 Å². The van der Waals surface area contributed by atoms with Gasteiger partial charge in [-0.2, -0.15) is 10.5 Å². The first-order chi connectivity index (χ1) is 12.5. The number of piperidine rings is 1. The summed E-state index contributed by atoms with van der Waals surface area (Å²) in [7, 11) is 0. The van der Waals surface area contributed by atoms with Gasteiger partial charge in [0.15, 0.2) is 0 Å². The Bertz CT molecular complexity index is 964. The zero-order valence-electron chi connectivity index (χ0n) is 14.7. The normalized spacial score (nSPS) is 17.4. The zero-order chi connectivity index (χ0) is 18.7. The van der Waals surface area contributed by atoms with Crippen molar-refractivity contribution < 1.29 is 0 Å². The highest BCUT2D eigenvalue weighted by Crippen LogP contribution is 2.29. The van der Waals surface area contributed by atoms with Gasteiger partial charge in [-0.15, -0.1) is 0 Å². The molecule has 1 unspecified atom stereocenters. The number of rotatable bonds is 3. The van der Waals surface area contributed by atoms with Gasteiger partial charge >= 0.3 is 0 Å². The third-order valence-corrected chi connectivity index (χ3v) is 4.83. The van der Waals surface area contributed by atoms with Crippen LogP contribution in [-0.2, 0) is 6.54 Å². The molecule has 1 saturated heterocycles. The van der Waals surface area contributed by atoms with E-state index >= 15 is 0 Å². The molecule has 0 radical (unpaired) electrons. The number of anilines is 1. The molecule has 0 bridgehead atoms. The van der Waals surface area contributed by atoms with Crippen LogP contribution in [0.2, 0.25) is 0 Å². The maximum absolute atomic E-state index is 12.1. The minimum Gasteiger partial charge on any atom is -0.384 e. The molecule has 0 amide bonds. The second-order valence-corrected chi connectivity index (χ2v) is 6.90. The average Bonchev–Trinajstić information content (AvgIpc) is 2.61. The zero-order valence-corrected chi connectivity index (χ0v) is 14.7. The molecule has 0 spiro atoms. The van der Waals surface area contributed by atoms with Gasteiger partial charge in [-0.3, -0.25) is 9.69 Å². The number of hydrogen-bond acceptors (Lipinski definition) is 5. The topological polar surface area (TPSA) is 110 Å². The van der Waals surface area contributed by atoms with Gasteiger partial charge in [-0.25, -0.2) is 0 Å². The Kier molecular flexibility index (Phi) is 5.06. The van der Waals surface area contributed by atoms with Gasteiger partial charge in [0.2, 0.25) is 0 Å². The number of nitrogens with two attached hydrogens (primary N) is 1. The Morgan fingerprint density at radius 1 is 1.31 bits per heavy atom. The Morgan fingerprint density at radius 2 is 2.08 bits per heavy atom. The number of nitrogens with one attached hydrogen (secondary N) is 1. The van der Waals surface area contributed by atoms with Crippen molar-refractivity contribution in [2.45, 2.75) is 26.3 Å². The van der Waals surface area contributed by atoms with E-state index in [1.807, 2.05) is 30.3 Å². The maximum atomic E-state index is 12.1. The molecule has 1 aromatic carbocycles. The first-order valence-electron chi connectivity index (χ1n) is 8.71. The Hall–Kier alpha value is -3.09.